The maximum absolute atomic E-state index is 13.2. The van der Waals surface area contributed by atoms with Gasteiger partial charge in [-0.2, -0.15) is 0 Å². The first kappa shape index (κ1) is 28.9. The summed E-state index contributed by atoms with van der Waals surface area (Å²) >= 11 is 0. The number of carbonyl (C=O) groups excluding carboxylic acids is 3. The summed E-state index contributed by atoms with van der Waals surface area (Å²) in [6, 6.07) is 23.7. The number of carbonyl (C=O) groups is 4. The van der Waals surface area contributed by atoms with Gasteiger partial charge in [-0.15, -0.1) is 0 Å². The summed E-state index contributed by atoms with van der Waals surface area (Å²) < 4.78 is 10.9. The van der Waals surface area contributed by atoms with Crippen LogP contribution < -0.4 is 10.6 Å². The Bertz CT molecular complexity index is 1400. The van der Waals surface area contributed by atoms with E-state index >= 15 is 0 Å². The average molecular weight is 571 g/mol. The number of carboxylic acid groups (broad SMARTS) is 1. The highest BCUT2D eigenvalue weighted by Crippen LogP contribution is 2.44. The van der Waals surface area contributed by atoms with E-state index < -0.39 is 41.8 Å². The molecular formula is C33H34N2O7. The lowest BCUT2D eigenvalue weighted by Gasteiger charge is -2.26. The smallest absolute Gasteiger partial charge is 0.407 e. The average Bonchev–Trinajstić information content (AvgIpc) is 3.62. The number of aliphatic carboxylic acids is 1. The van der Waals surface area contributed by atoms with Gasteiger partial charge in [0.2, 0.25) is 5.91 Å². The molecule has 0 aliphatic heterocycles. The molecule has 0 bridgehead atoms. The van der Waals surface area contributed by atoms with Crippen LogP contribution in [-0.2, 0) is 30.5 Å². The van der Waals surface area contributed by atoms with Gasteiger partial charge in [-0.05, 0) is 40.7 Å². The van der Waals surface area contributed by atoms with Crippen LogP contribution >= 0.6 is 0 Å². The molecule has 2 aliphatic carbocycles. The Morgan fingerprint density at radius 3 is 2.05 bits per heavy atom. The van der Waals surface area contributed by atoms with Crippen molar-refractivity contribution in [2.75, 3.05) is 13.2 Å². The first-order chi connectivity index (χ1) is 20.4. The van der Waals surface area contributed by atoms with Crippen LogP contribution in [0.1, 0.15) is 54.7 Å². The van der Waals surface area contributed by atoms with E-state index in [-0.39, 0.29) is 25.7 Å². The van der Waals surface area contributed by atoms with Gasteiger partial charge in [-0.25, -0.2) is 4.79 Å². The second-order valence-electron chi connectivity index (χ2n) is 10.9. The highest BCUT2D eigenvalue weighted by atomic mass is 16.5. The second kappa shape index (κ2) is 12.9. The van der Waals surface area contributed by atoms with Gasteiger partial charge in [0.1, 0.15) is 19.3 Å². The summed E-state index contributed by atoms with van der Waals surface area (Å²) in [5, 5.41) is 15.0. The van der Waals surface area contributed by atoms with E-state index in [1.165, 1.54) is 0 Å². The molecule has 218 valence electrons. The Kier molecular flexibility index (Phi) is 8.85. The van der Waals surface area contributed by atoms with E-state index in [0.29, 0.717) is 12.8 Å². The van der Waals surface area contributed by atoms with E-state index in [1.807, 2.05) is 66.7 Å². The fourth-order valence-electron chi connectivity index (χ4n) is 5.85. The molecular weight excluding hydrogens is 536 g/mol. The monoisotopic (exact) mass is 570 g/mol. The van der Waals surface area contributed by atoms with E-state index in [4.69, 9.17) is 9.47 Å². The molecule has 42 heavy (non-hydrogen) atoms. The largest absolute Gasteiger partial charge is 0.481 e. The first-order valence-electron chi connectivity index (χ1n) is 14.2. The van der Waals surface area contributed by atoms with Crippen molar-refractivity contribution in [2.45, 2.75) is 50.7 Å². The lowest BCUT2D eigenvalue weighted by atomic mass is 9.86. The number of nitrogens with one attached hydrogen (secondary N) is 2. The number of hydrogen-bond donors (Lipinski definition) is 3. The normalized spacial score (nSPS) is 15.6. The van der Waals surface area contributed by atoms with Gasteiger partial charge < -0.3 is 25.2 Å². The SMILES string of the molecule is O=C(C[C@H](NC(=O)OCC1c2ccccc2-c2ccccc21)C(=O)NCC1(C(=O)O)CCCC1)OCc1ccccc1. The van der Waals surface area contributed by atoms with E-state index in [0.717, 1.165) is 40.7 Å². The highest BCUT2D eigenvalue weighted by molar-refractivity contribution is 5.90. The molecule has 2 aliphatic rings. The summed E-state index contributed by atoms with van der Waals surface area (Å²) in [5.41, 5.74) is 3.97. The molecule has 2 amide bonds. The second-order valence-corrected chi connectivity index (χ2v) is 10.9. The Labute approximate surface area is 244 Å². The standard InChI is InChI=1S/C33H34N2O7/c36-29(41-19-22-10-2-1-3-11-22)18-28(30(37)34-21-33(31(38)39)16-8-9-17-33)35-32(40)42-20-27-25-14-6-4-12-23(25)24-13-5-7-15-26(24)27/h1-7,10-15,27-28H,8-9,16-21H2,(H,34,37)(H,35,40)(H,38,39)/t28-/m0/s1. The third kappa shape index (κ3) is 6.46. The van der Waals surface area contributed by atoms with Crippen molar-refractivity contribution in [1.29, 1.82) is 0 Å². The summed E-state index contributed by atoms with van der Waals surface area (Å²) in [7, 11) is 0. The fourth-order valence-corrected chi connectivity index (χ4v) is 5.85. The maximum atomic E-state index is 13.2. The topological polar surface area (TPSA) is 131 Å². The minimum Gasteiger partial charge on any atom is -0.481 e. The number of alkyl carbamates (subject to hydrolysis) is 1. The van der Waals surface area contributed by atoms with Crippen molar-refractivity contribution in [3.05, 3.63) is 95.6 Å². The molecule has 0 saturated heterocycles. The highest BCUT2D eigenvalue weighted by Gasteiger charge is 2.42. The molecule has 3 aromatic rings. The number of fused-ring (bicyclic) bond motifs is 3. The number of amides is 2. The Morgan fingerprint density at radius 1 is 0.833 bits per heavy atom. The summed E-state index contributed by atoms with van der Waals surface area (Å²) in [4.78, 5) is 50.8. The number of rotatable bonds is 11. The van der Waals surface area contributed by atoms with Crippen LogP contribution in [-0.4, -0.2) is 48.2 Å². The third-order valence-corrected chi connectivity index (χ3v) is 8.18. The van der Waals surface area contributed by atoms with E-state index in [1.54, 1.807) is 12.1 Å². The summed E-state index contributed by atoms with van der Waals surface area (Å²) in [6.07, 6.45) is 1.12. The summed E-state index contributed by atoms with van der Waals surface area (Å²) in [5.74, 6) is -2.51. The van der Waals surface area contributed by atoms with Gasteiger partial charge in [0.05, 0.1) is 11.8 Å². The predicted octanol–water partition coefficient (Wildman–Crippen LogP) is 4.79. The molecule has 0 radical (unpaired) electrons. The Morgan fingerprint density at radius 2 is 1.43 bits per heavy atom. The van der Waals surface area contributed by atoms with Gasteiger partial charge in [0, 0.05) is 12.5 Å². The Hall–Kier alpha value is -4.66. The number of hydrogen-bond acceptors (Lipinski definition) is 6. The number of carboxylic acids is 1. The minimum atomic E-state index is -1.31. The van der Waals surface area contributed by atoms with Crippen LogP contribution in [0, 0.1) is 5.41 Å². The molecule has 3 N–H and O–H groups in total. The van der Waals surface area contributed by atoms with Crippen LogP contribution in [0.25, 0.3) is 11.1 Å². The molecule has 9 nitrogen and oxygen atoms in total. The van der Waals surface area contributed by atoms with Gasteiger partial charge in [-0.3, -0.25) is 14.4 Å². The van der Waals surface area contributed by atoms with E-state index in [9.17, 15) is 24.3 Å². The molecule has 0 aromatic heterocycles. The number of esters is 1. The van der Waals surface area contributed by atoms with Gasteiger partial charge in [-0.1, -0.05) is 91.7 Å². The van der Waals surface area contributed by atoms with Crippen LogP contribution in [0.4, 0.5) is 4.79 Å². The molecule has 5 rings (SSSR count). The molecule has 1 atom stereocenters. The van der Waals surface area contributed by atoms with Crippen molar-refractivity contribution < 1.29 is 33.8 Å². The van der Waals surface area contributed by atoms with E-state index in [2.05, 4.69) is 10.6 Å². The van der Waals surface area contributed by atoms with Crippen molar-refractivity contribution >= 4 is 23.9 Å². The van der Waals surface area contributed by atoms with Crippen LogP contribution in [0.3, 0.4) is 0 Å². The van der Waals surface area contributed by atoms with Crippen LogP contribution in [0.2, 0.25) is 0 Å². The molecule has 3 aromatic carbocycles. The molecule has 1 saturated carbocycles. The lowest BCUT2D eigenvalue weighted by Crippen LogP contribution is -2.51. The molecule has 0 unspecified atom stereocenters. The molecule has 0 spiro atoms. The Balaban J connectivity index is 1.24. The third-order valence-electron chi connectivity index (χ3n) is 8.18. The predicted molar refractivity (Wildman–Crippen MR) is 154 cm³/mol. The van der Waals surface area contributed by atoms with Gasteiger partial charge >= 0.3 is 18.0 Å². The fraction of sp³-hybridized carbons (Fsp3) is 0.333. The van der Waals surface area contributed by atoms with Crippen LogP contribution in [0.5, 0.6) is 0 Å². The van der Waals surface area contributed by atoms with Crippen molar-refractivity contribution in [3.63, 3.8) is 0 Å². The summed E-state index contributed by atoms with van der Waals surface area (Å²) in [6.45, 7) is -0.0427. The first-order valence-corrected chi connectivity index (χ1v) is 14.2. The zero-order chi connectivity index (χ0) is 29.5. The molecule has 9 heteroatoms. The molecule has 1 fully saturated rings. The number of benzene rings is 3. The quantitative estimate of drug-likeness (QED) is 0.283. The maximum Gasteiger partial charge on any atom is 0.407 e. The van der Waals surface area contributed by atoms with Crippen molar-refractivity contribution in [1.82, 2.24) is 10.6 Å². The lowest BCUT2D eigenvalue weighted by molar-refractivity contribution is -0.150. The van der Waals surface area contributed by atoms with Gasteiger partial charge in [0.25, 0.3) is 0 Å². The van der Waals surface area contributed by atoms with Crippen molar-refractivity contribution in [2.24, 2.45) is 5.41 Å². The zero-order valence-corrected chi connectivity index (χ0v) is 23.2. The van der Waals surface area contributed by atoms with Crippen molar-refractivity contribution in [3.8, 4) is 11.1 Å². The number of ether oxygens (including phenoxy) is 2. The van der Waals surface area contributed by atoms with Gasteiger partial charge in [0.15, 0.2) is 0 Å². The minimum absolute atomic E-state index is 0.0150. The molecule has 0 heterocycles. The zero-order valence-electron chi connectivity index (χ0n) is 23.2. The van der Waals surface area contributed by atoms with Crippen LogP contribution in [0.15, 0.2) is 78.9 Å².